The van der Waals surface area contributed by atoms with Gasteiger partial charge in [0.15, 0.2) is 0 Å². The van der Waals surface area contributed by atoms with Crippen molar-refractivity contribution >= 4 is 11.9 Å². The summed E-state index contributed by atoms with van der Waals surface area (Å²) >= 11 is 0. The normalized spacial score (nSPS) is 26.7. The number of carbonyl (C=O) groups is 2. The van der Waals surface area contributed by atoms with Gasteiger partial charge in [0, 0.05) is 5.54 Å². The monoisotopic (exact) mass is 225 g/mol. The molecule has 1 amide bonds. The van der Waals surface area contributed by atoms with Crippen molar-refractivity contribution in [2.24, 2.45) is 5.92 Å². The highest BCUT2D eigenvalue weighted by molar-refractivity contribution is 5.87. The molecule has 1 saturated heterocycles. The predicted molar refractivity (Wildman–Crippen MR) is 58.7 cm³/mol. The minimum absolute atomic E-state index is 0.0170. The lowest BCUT2D eigenvalue weighted by atomic mass is 10.00. The second kappa shape index (κ2) is 3.47. The predicted octanol–water partition coefficient (Wildman–Crippen LogP) is 1.39. The van der Waals surface area contributed by atoms with Crippen molar-refractivity contribution in [1.29, 1.82) is 0 Å². The SMILES string of the molecule is CC(C)(C)OC(=O)CC1CC2(CC2)NC1=O. The van der Waals surface area contributed by atoms with Crippen LogP contribution in [0.25, 0.3) is 0 Å². The van der Waals surface area contributed by atoms with E-state index in [0.717, 1.165) is 19.3 Å². The Balaban J connectivity index is 1.86. The second-order valence-corrected chi connectivity index (χ2v) is 5.96. The number of esters is 1. The maximum atomic E-state index is 11.6. The van der Waals surface area contributed by atoms with Gasteiger partial charge < -0.3 is 10.1 Å². The van der Waals surface area contributed by atoms with E-state index < -0.39 is 5.60 Å². The largest absolute Gasteiger partial charge is 0.460 e. The molecule has 1 unspecified atom stereocenters. The first-order chi connectivity index (χ1) is 7.30. The minimum atomic E-state index is -0.469. The molecule has 2 aliphatic rings. The fraction of sp³-hybridized carbons (Fsp3) is 0.833. The van der Waals surface area contributed by atoms with E-state index in [1.165, 1.54) is 0 Å². The number of hydrogen-bond donors (Lipinski definition) is 1. The van der Waals surface area contributed by atoms with Gasteiger partial charge in [-0.25, -0.2) is 0 Å². The van der Waals surface area contributed by atoms with E-state index in [9.17, 15) is 9.59 Å². The number of carbonyl (C=O) groups excluding carboxylic acids is 2. The molecule has 4 heteroatoms. The topological polar surface area (TPSA) is 55.4 Å². The average Bonchev–Trinajstić information content (AvgIpc) is 2.72. The molecule has 4 nitrogen and oxygen atoms in total. The number of nitrogens with one attached hydrogen (secondary N) is 1. The van der Waals surface area contributed by atoms with Crippen molar-refractivity contribution in [3.05, 3.63) is 0 Å². The fourth-order valence-corrected chi connectivity index (χ4v) is 2.21. The van der Waals surface area contributed by atoms with Crippen molar-refractivity contribution in [3.8, 4) is 0 Å². The molecule has 1 saturated carbocycles. The molecular formula is C12H19NO3. The third-order valence-electron chi connectivity index (χ3n) is 3.08. The molecule has 1 N–H and O–H groups in total. The molecule has 90 valence electrons. The van der Waals surface area contributed by atoms with E-state index in [1.54, 1.807) is 0 Å². The molecule has 16 heavy (non-hydrogen) atoms. The van der Waals surface area contributed by atoms with Crippen molar-refractivity contribution in [2.75, 3.05) is 0 Å². The van der Waals surface area contributed by atoms with Gasteiger partial charge >= 0.3 is 5.97 Å². The number of ether oxygens (including phenoxy) is 1. The van der Waals surface area contributed by atoms with Crippen molar-refractivity contribution < 1.29 is 14.3 Å². The van der Waals surface area contributed by atoms with Gasteiger partial charge in [-0.05, 0) is 40.0 Å². The summed E-state index contributed by atoms with van der Waals surface area (Å²) in [7, 11) is 0. The van der Waals surface area contributed by atoms with Crippen LogP contribution in [-0.4, -0.2) is 23.0 Å². The van der Waals surface area contributed by atoms with Gasteiger partial charge in [0.1, 0.15) is 5.60 Å². The van der Waals surface area contributed by atoms with Crippen LogP contribution in [0.4, 0.5) is 0 Å². The molecule has 2 fully saturated rings. The van der Waals surface area contributed by atoms with Crippen molar-refractivity contribution in [3.63, 3.8) is 0 Å². The summed E-state index contributed by atoms with van der Waals surface area (Å²) in [4.78, 5) is 23.2. The standard InChI is InChI=1S/C12H19NO3/c1-11(2,3)16-9(14)6-8-7-12(4-5-12)13-10(8)15/h8H,4-7H2,1-3H3,(H,13,15). The van der Waals surface area contributed by atoms with Crippen LogP contribution in [0.2, 0.25) is 0 Å². The van der Waals surface area contributed by atoms with E-state index in [0.29, 0.717) is 0 Å². The van der Waals surface area contributed by atoms with E-state index in [-0.39, 0.29) is 29.8 Å². The van der Waals surface area contributed by atoms with E-state index in [2.05, 4.69) is 5.32 Å². The zero-order chi connectivity index (χ0) is 12.0. The molecule has 0 bridgehead atoms. The first kappa shape index (κ1) is 11.4. The average molecular weight is 225 g/mol. The maximum absolute atomic E-state index is 11.6. The molecule has 1 aliphatic carbocycles. The summed E-state index contributed by atoms with van der Waals surface area (Å²) in [6.07, 6.45) is 3.13. The van der Waals surface area contributed by atoms with Crippen LogP contribution in [0, 0.1) is 5.92 Å². The summed E-state index contributed by atoms with van der Waals surface area (Å²) in [5.41, 5.74) is -0.423. The Hall–Kier alpha value is -1.06. The summed E-state index contributed by atoms with van der Waals surface area (Å²) < 4.78 is 5.22. The number of hydrogen-bond acceptors (Lipinski definition) is 3. The van der Waals surface area contributed by atoms with Gasteiger partial charge in [-0.3, -0.25) is 9.59 Å². The highest BCUT2D eigenvalue weighted by Gasteiger charge is 2.52. The van der Waals surface area contributed by atoms with Crippen LogP contribution >= 0.6 is 0 Å². The Labute approximate surface area is 95.7 Å². The quantitative estimate of drug-likeness (QED) is 0.722. The lowest BCUT2D eigenvalue weighted by Crippen LogP contribution is -2.29. The van der Waals surface area contributed by atoms with Crippen LogP contribution in [0.3, 0.4) is 0 Å². The second-order valence-electron chi connectivity index (χ2n) is 5.96. The molecule has 1 heterocycles. The van der Waals surface area contributed by atoms with Crippen LogP contribution in [0.1, 0.15) is 46.5 Å². The molecule has 0 aromatic carbocycles. The zero-order valence-electron chi connectivity index (χ0n) is 10.1. The lowest BCUT2D eigenvalue weighted by Gasteiger charge is -2.20. The van der Waals surface area contributed by atoms with Gasteiger partial charge in [-0.15, -0.1) is 0 Å². The Morgan fingerprint density at radius 2 is 2.12 bits per heavy atom. The first-order valence-electron chi connectivity index (χ1n) is 5.84. The van der Waals surface area contributed by atoms with Crippen molar-refractivity contribution in [1.82, 2.24) is 5.32 Å². The highest BCUT2D eigenvalue weighted by Crippen LogP contribution is 2.46. The first-order valence-corrected chi connectivity index (χ1v) is 5.84. The Kier molecular flexibility index (Phi) is 2.48. The summed E-state index contributed by atoms with van der Waals surface area (Å²) in [6.45, 7) is 5.51. The van der Waals surface area contributed by atoms with E-state index >= 15 is 0 Å². The summed E-state index contributed by atoms with van der Waals surface area (Å²) in [5, 5.41) is 2.98. The lowest BCUT2D eigenvalue weighted by molar-refractivity contribution is -0.156. The molecular weight excluding hydrogens is 206 g/mol. The molecule has 2 rings (SSSR count). The van der Waals surface area contributed by atoms with Gasteiger partial charge in [-0.2, -0.15) is 0 Å². The molecule has 0 aromatic heterocycles. The maximum Gasteiger partial charge on any atom is 0.307 e. The Morgan fingerprint density at radius 3 is 2.56 bits per heavy atom. The third kappa shape index (κ3) is 2.54. The third-order valence-corrected chi connectivity index (χ3v) is 3.08. The molecule has 0 aromatic rings. The Bertz CT molecular complexity index is 326. The van der Waals surface area contributed by atoms with Gasteiger partial charge in [0.25, 0.3) is 0 Å². The molecule has 1 atom stereocenters. The zero-order valence-corrected chi connectivity index (χ0v) is 10.1. The highest BCUT2D eigenvalue weighted by atomic mass is 16.6. The number of amides is 1. The van der Waals surface area contributed by atoms with Gasteiger partial charge in [-0.1, -0.05) is 0 Å². The molecule has 1 spiro atoms. The van der Waals surface area contributed by atoms with Crippen LogP contribution in [-0.2, 0) is 14.3 Å². The van der Waals surface area contributed by atoms with Gasteiger partial charge in [0.05, 0.1) is 12.3 Å². The number of rotatable bonds is 2. The van der Waals surface area contributed by atoms with Crippen LogP contribution in [0.5, 0.6) is 0 Å². The van der Waals surface area contributed by atoms with Crippen molar-refractivity contribution in [2.45, 2.75) is 57.6 Å². The minimum Gasteiger partial charge on any atom is -0.460 e. The van der Waals surface area contributed by atoms with E-state index in [1.807, 2.05) is 20.8 Å². The summed E-state index contributed by atoms with van der Waals surface area (Å²) in [6, 6.07) is 0. The van der Waals surface area contributed by atoms with Gasteiger partial charge in [0.2, 0.25) is 5.91 Å². The van der Waals surface area contributed by atoms with Crippen LogP contribution in [0.15, 0.2) is 0 Å². The summed E-state index contributed by atoms with van der Waals surface area (Å²) in [5.74, 6) is -0.439. The fourth-order valence-electron chi connectivity index (χ4n) is 2.21. The van der Waals surface area contributed by atoms with Crippen LogP contribution < -0.4 is 5.32 Å². The van der Waals surface area contributed by atoms with E-state index in [4.69, 9.17) is 4.74 Å². The Morgan fingerprint density at radius 1 is 1.50 bits per heavy atom. The smallest absolute Gasteiger partial charge is 0.307 e. The molecule has 0 radical (unpaired) electrons. The molecule has 1 aliphatic heterocycles.